The summed E-state index contributed by atoms with van der Waals surface area (Å²) >= 11 is 16.3. The van der Waals surface area contributed by atoms with E-state index >= 15 is 0 Å². The Balaban J connectivity index is 1.99. The van der Waals surface area contributed by atoms with Crippen LogP contribution in [-0.2, 0) is 9.53 Å². The number of rotatable bonds is 6. The molecule has 6 nitrogen and oxygen atoms in total. The molecule has 4 rings (SSSR count). The van der Waals surface area contributed by atoms with Gasteiger partial charge >= 0.3 is 5.97 Å². The molecule has 0 radical (unpaired) electrons. The van der Waals surface area contributed by atoms with Gasteiger partial charge < -0.3 is 9.47 Å². The van der Waals surface area contributed by atoms with Gasteiger partial charge in [-0.2, -0.15) is 0 Å². The smallest absolute Gasteiger partial charge is 0.338 e. The molecule has 0 amide bonds. The van der Waals surface area contributed by atoms with Crippen LogP contribution in [0.5, 0.6) is 5.75 Å². The summed E-state index contributed by atoms with van der Waals surface area (Å²) in [4.78, 5) is 31.9. The van der Waals surface area contributed by atoms with Gasteiger partial charge in [-0.15, -0.1) is 0 Å². The summed E-state index contributed by atoms with van der Waals surface area (Å²) in [7, 11) is 0. The predicted molar refractivity (Wildman–Crippen MR) is 152 cm³/mol. The summed E-state index contributed by atoms with van der Waals surface area (Å²) in [5, 5.41) is 0.967. The predicted octanol–water partition coefficient (Wildman–Crippen LogP) is 5.50. The van der Waals surface area contributed by atoms with E-state index < -0.39 is 12.0 Å². The fourth-order valence-electron chi connectivity index (χ4n) is 3.97. The summed E-state index contributed by atoms with van der Waals surface area (Å²) in [5.41, 5.74) is 1.76. The number of ether oxygens (including phenoxy) is 2. The molecule has 1 atom stereocenters. The van der Waals surface area contributed by atoms with E-state index in [1.807, 2.05) is 26.0 Å². The van der Waals surface area contributed by atoms with Crippen LogP contribution >= 0.6 is 57.1 Å². The maximum atomic E-state index is 13.8. The van der Waals surface area contributed by atoms with Gasteiger partial charge in [0.05, 0.1) is 32.1 Å². The van der Waals surface area contributed by atoms with Crippen molar-refractivity contribution < 1.29 is 14.3 Å². The summed E-state index contributed by atoms with van der Waals surface area (Å²) in [5.74, 6) is 0.113. The summed E-state index contributed by atoms with van der Waals surface area (Å²) < 4.78 is 14.1. The average molecular weight is 657 g/mol. The Bertz CT molecular complexity index is 1560. The first-order valence-electron chi connectivity index (χ1n) is 11.2. The van der Waals surface area contributed by atoms with E-state index in [2.05, 4.69) is 27.6 Å². The number of nitrogens with zero attached hydrogens (tertiary/aromatic N) is 2. The molecule has 0 bridgehead atoms. The van der Waals surface area contributed by atoms with Crippen molar-refractivity contribution in [2.75, 3.05) is 6.61 Å². The second-order valence-corrected chi connectivity index (χ2v) is 11.3. The minimum absolute atomic E-state index is 0.0666. The van der Waals surface area contributed by atoms with E-state index in [4.69, 9.17) is 32.7 Å². The number of aromatic nitrogens is 1. The number of esters is 1. The van der Waals surface area contributed by atoms with Gasteiger partial charge in [0.25, 0.3) is 5.56 Å². The van der Waals surface area contributed by atoms with Crippen molar-refractivity contribution in [3.05, 3.63) is 92.1 Å². The maximum absolute atomic E-state index is 13.8. The van der Waals surface area contributed by atoms with Crippen LogP contribution in [0, 0.1) is 3.57 Å². The SMILES string of the molecule is CCOC(=O)C1=C(C)N=c2s/c(=C\c3cc(Cl)cc(I)c3OC(C)C)c(=O)n2[C@@H]1c1ccccc1Cl. The molecule has 0 spiro atoms. The molecule has 1 aliphatic heterocycles. The van der Waals surface area contributed by atoms with Crippen LogP contribution in [0.3, 0.4) is 0 Å². The Labute approximate surface area is 236 Å². The monoisotopic (exact) mass is 656 g/mol. The molecule has 188 valence electrons. The minimum Gasteiger partial charge on any atom is -0.489 e. The Kier molecular flexibility index (Phi) is 8.28. The first kappa shape index (κ1) is 26.9. The molecule has 0 fully saturated rings. The van der Waals surface area contributed by atoms with Crippen LogP contribution in [0.2, 0.25) is 10.0 Å². The molecule has 0 aliphatic carbocycles. The van der Waals surface area contributed by atoms with E-state index in [0.717, 1.165) is 3.57 Å². The van der Waals surface area contributed by atoms with E-state index in [9.17, 15) is 9.59 Å². The van der Waals surface area contributed by atoms with Gasteiger partial charge in [-0.1, -0.05) is 52.7 Å². The summed E-state index contributed by atoms with van der Waals surface area (Å²) in [6.07, 6.45) is 1.69. The molecule has 0 saturated carbocycles. The first-order chi connectivity index (χ1) is 17.1. The van der Waals surface area contributed by atoms with Crippen molar-refractivity contribution >= 4 is 69.2 Å². The number of fused-ring (bicyclic) bond motifs is 1. The zero-order valence-electron chi connectivity index (χ0n) is 20.0. The van der Waals surface area contributed by atoms with Crippen LogP contribution in [0.4, 0.5) is 0 Å². The third-order valence-electron chi connectivity index (χ3n) is 5.39. The van der Waals surface area contributed by atoms with Crippen molar-refractivity contribution in [2.45, 2.75) is 39.8 Å². The number of hydrogen-bond donors (Lipinski definition) is 0. The number of carbonyl (C=O) groups is 1. The van der Waals surface area contributed by atoms with Gasteiger partial charge in [0, 0.05) is 15.6 Å². The third kappa shape index (κ3) is 5.27. The highest BCUT2D eigenvalue weighted by Gasteiger charge is 2.34. The van der Waals surface area contributed by atoms with Crippen LogP contribution < -0.4 is 19.6 Å². The summed E-state index contributed by atoms with van der Waals surface area (Å²) in [6.45, 7) is 7.54. The van der Waals surface area contributed by atoms with Gasteiger partial charge in [0.1, 0.15) is 11.8 Å². The van der Waals surface area contributed by atoms with E-state index in [-0.39, 0.29) is 23.8 Å². The fourth-order valence-corrected chi connectivity index (χ4v) is 6.43. The maximum Gasteiger partial charge on any atom is 0.338 e. The molecule has 36 heavy (non-hydrogen) atoms. The lowest BCUT2D eigenvalue weighted by Crippen LogP contribution is -2.40. The molecular weight excluding hydrogens is 634 g/mol. The van der Waals surface area contributed by atoms with Gasteiger partial charge in [-0.05, 0) is 80.1 Å². The average Bonchev–Trinajstić information content (AvgIpc) is 3.10. The van der Waals surface area contributed by atoms with Crippen LogP contribution in [0.25, 0.3) is 6.08 Å². The fraction of sp³-hybridized carbons (Fsp3) is 0.269. The lowest BCUT2D eigenvalue weighted by atomic mass is 9.96. The number of allylic oxidation sites excluding steroid dienone is 1. The van der Waals surface area contributed by atoms with Crippen LogP contribution in [0.15, 0.2) is 57.5 Å². The highest BCUT2D eigenvalue weighted by atomic mass is 127. The largest absolute Gasteiger partial charge is 0.489 e. The van der Waals surface area contributed by atoms with Crippen molar-refractivity contribution in [1.29, 1.82) is 0 Å². The molecule has 1 aliphatic rings. The highest BCUT2D eigenvalue weighted by molar-refractivity contribution is 14.1. The second kappa shape index (κ2) is 11.1. The third-order valence-corrected chi connectivity index (χ3v) is 7.74. The lowest BCUT2D eigenvalue weighted by Gasteiger charge is -2.25. The number of carbonyl (C=O) groups excluding carboxylic acids is 1. The van der Waals surface area contributed by atoms with Gasteiger partial charge in [0.15, 0.2) is 4.80 Å². The van der Waals surface area contributed by atoms with Crippen LogP contribution in [-0.4, -0.2) is 23.2 Å². The molecule has 3 aromatic rings. The van der Waals surface area contributed by atoms with Crippen molar-refractivity contribution in [2.24, 2.45) is 4.99 Å². The number of hydrogen-bond acceptors (Lipinski definition) is 6. The van der Waals surface area contributed by atoms with Gasteiger partial charge in [-0.25, -0.2) is 9.79 Å². The lowest BCUT2D eigenvalue weighted by molar-refractivity contribution is -0.139. The Morgan fingerprint density at radius 1 is 1.28 bits per heavy atom. The topological polar surface area (TPSA) is 69.9 Å². The number of halogens is 3. The summed E-state index contributed by atoms with van der Waals surface area (Å²) in [6, 6.07) is 9.95. The molecule has 2 heterocycles. The molecule has 0 N–H and O–H groups in total. The quantitative estimate of drug-likeness (QED) is 0.260. The minimum atomic E-state index is -0.776. The molecule has 0 unspecified atom stereocenters. The van der Waals surface area contributed by atoms with E-state index in [1.54, 1.807) is 44.2 Å². The van der Waals surface area contributed by atoms with E-state index in [0.29, 0.717) is 42.0 Å². The molecule has 10 heteroatoms. The molecule has 1 aromatic heterocycles. The standard InChI is InChI=1S/C26H23Cl2IN2O4S/c1-5-34-25(33)21-14(4)30-26-31(22(21)17-8-6-7-9-18(17)28)24(32)20(36-26)11-15-10-16(27)12-19(29)23(15)35-13(2)3/h6-13,22H,5H2,1-4H3/b20-11-/t22-/m1/s1. The first-order valence-corrected chi connectivity index (χ1v) is 13.9. The Hall–Kier alpha value is -2.14. The van der Waals surface area contributed by atoms with Crippen molar-refractivity contribution in [1.82, 2.24) is 4.57 Å². The van der Waals surface area contributed by atoms with Gasteiger partial charge in [0.2, 0.25) is 0 Å². The Morgan fingerprint density at radius 3 is 2.67 bits per heavy atom. The normalized spacial score (nSPS) is 15.7. The number of benzene rings is 2. The van der Waals surface area contributed by atoms with Crippen molar-refractivity contribution in [3.8, 4) is 5.75 Å². The number of thiazole rings is 1. The van der Waals surface area contributed by atoms with Crippen LogP contribution in [0.1, 0.15) is 44.9 Å². The van der Waals surface area contributed by atoms with Crippen molar-refractivity contribution in [3.63, 3.8) is 0 Å². The highest BCUT2D eigenvalue weighted by Crippen LogP contribution is 2.35. The molecule has 0 saturated heterocycles. The molecule has 2 aromatic carbocycles. The molecular formula is C26H23Cl2IN2O4S. The zero-order valence-corrected chi connectivity index (χ0v) is 24.5. The Morgan fingerprint density at radius 2 is 2.00 bits per heavy atom. The van der Waals surface area contributed by atoms with E-state index in [1.165, 1.54) is 15.9 Å². The zero-order chi connectivity index (χ0) is 26.1. The van der Waals surface area contributed by atoms with Gasteiger partial charge in [-0.3, -0.25) is 9.36 Å². The second-order valence-electron chi connectivity index (χ2n) is 8.30.